The minimum absolute atomic E-state index is 0.0155. The van der Waals surface area contributed by atoms with Crippen molar-refractivity contribution in [2.24, 2.45) is 0 Å². The van der Waals surface area contributed by atoms with Crippen LogP contribution in [0.3, 0.4) is 0 Å². The summed E-state index contributed by atoms with van der Waals surface area (Å²) in [7, 11) is 0. The summed E-state index contributed by atoms with van der Waals surface area (Å²) in [4.78, 5) is 0.384. The molecule has 0 radical (unpaired) electrons. The second-order valence-electron chi connectivity index (χ2n) is 4.91. The summed E-state index contributed by atoms with van der Waals surface area (Å²) in [6.07, 6.45) is 5.02. The lowest BCUT2D eigenvalue weighted by atomic mass is 9.90. The van der Waals surface area contributed by atoms with Crippen molar-refractivity contribution < 1.29 is 8.78 Å². The zero-order valence-corrected chi connectivity index (χ0v) is 11.6. The van der Waals surface area contributed by atoms with E-state index >= 15 is 0 Å². The fourth-order valence-corrected chi connectivity index (χ4v) is 3.39. The van der Waals surface area contributed by atoms with Crippen LogP contribution in [0, 0.1) is 18.6 Å². The summed E-state index contributed by atoms with van der Waals surface area (Å²) in [5.74, 6) is -0.724. The number of halogens is 3. The van der Waals surface area contributed by atoms with Crippen LogP contribution in [0.2, 0.25) is 0 Å². The molecule has 0 aliphatic heterocycles. The first-order chi connectivity index (χ1) is 8.09. The third-order valence-corrected chi connectivity index (χ3v) is 4.42. The lowest BCUT2D eigenvalue weighted by molar-refractivity contribution is 0.492. The van der Waals surface area contributed by atoms with E-state index in [0.29, 0.717) is 16.0 Å². The molecule has 17 heavy (non-hydrogen) atoms. The predicted octanol–water partition coefficient (Wildman–Crippen LogP) is 5.08. The number of hydrogen-bond donors (Lipinski definition) is 0. The second kappa shape index (κ2) is 5.47. The zero-order chi connectivity index (χ0) is 12.4. The zero-order valence-electron chi connectivity index (χ0n) is 9.98. The van der Waals surface area contributed by atoms with Crippen molar-refractivity contribution in [2.45, 2.75) is 49.8 Å². The molecule has 0 amide bonds. The molecule has 0 saturated heterocycles. The van der Waals surface area contributed by atoms with Gasteiger partial charge in [-0.05, 0) is 43.7 Å². The van der Waals surface area contributed by atoms with Gasteiger partial charge in [-0.15, -0.1) is 0 Å². The first kappa shape index (κ1) is 13.0. The molecular weight excluding hydrogens is 286 g/mol. The molecule has 0 nitrogen and oxygen atoms in total. The molecule has 0 aromatic heterocycles. The molecule has 1 aromatic carbocycles. The van der Waals surface area contributed by atoms with Crippen LogP contribution in [-0.2, 0) is 0 Å². The smallest absolute Gasteiger partial charge is 0.132 e. The van der Waals surface area contributed by atoms with Gasteiger partial charge in [0.1, 0.15) is 11.6 Å². The van der Waals surface area contributed by atoms with E-state index < -0.39 is 0 Å². The normalized spacial score (nSPS) is 25.6. The highest BCUT2D eigenvalue weighted by Crippen LogP contribution is 2.37. The van der Waals surface area contributed by atoms with Gasteiger partial charge in [-0.3, -0.25) is 0 Å². The maximum absolute atomic E-state index is 14.1. The first-order valence-corrected chi connectivity index (χ1v) is 7.09. The Morgan fingerprint density at radius 2 is 1.88 bits per heavy atom. The van der Waals surface area contributed by atoms with Crippen molar-refractivity contribution in [1.29, 1.82) is 0 Å². The van der Waals surface area contributed by atoms with Crippen molar-refractivity contribution in [3.8, 4) is 0 Å². The van der Waals surface area contributed by atoms with E-state index in [1.165, 1.54) is 12.1 Å². The van der Waals surface area contributed by atoms with E-state index in [9.17, 15) is 8.78 Å². The Morgan fingerprint density at radius 1 is 1.18 bits per heavy atom. The summed E-state index contributed by atoms with van der Waals surface area (Å²) in [5.41, 5.74) is 0.841. The largest absolute Gasteiger partial charge is 0.207 e. The van der Waals surface area contributed by atoms with Crippen LogP contribution in [0.25, 0.3) is 0 Å². The molecule has 3 heteroatoms. The van der Waals surface area contributed by atoms with E-state index in [4.69, 9.17) is 0 Å². The van der Waals surface area contributed by atoms with Crippen LogP contribution in [0.5, 0.6) is 0 Å². The average Bonchev–Trinajstić information content (AvgIpc) is 2.49. The Morgan fingerprint density at radius 3 is 2.65 bits per heavy atom. The van der Waals surface area contributed by atoms with Crippen LogP contribution in [0.15, 0.2) is 12.1 Å². The molecule has 0 spiro atoms. The lowest BCUT2D eigenvalue weighted by Gasteiger charge is -2.19. The summed E-state index contributed by atoms with van der Waals surface area (Å²) in [6.45, 7) is 1.70. The lowest BCUT2D eigenvalue weighted by Crippen LogP contribution is -2.09. The van der Waals surface area contributed by atoms with E-state index in [1.54, 1.807) is 6.92 Å². The number of benzene rings is 1. The van der Waals surface area contributed by atoms with Crippen LogP contribution in [0.4, 0.5) is 8.78 Å². The van der Waals surface area contributed by atoms with Gasteiger partial charge < -0.3 is 0 Å². The van der Waals surface area contributed by atoms with Crippen LogP contribution < -0.4 is 0 Å². The molecule has 1 aliphatic carbocycles. The second-order valence-corrected chi connectivity index (χ2v) is 6.20. The molecule has 0 heterocycles. The molecule has 0 N–H and O–H groups in total. The van der Waals surface area contributed by atoms with E-state index in [0.717, 1.165) is 32.1 Å². The summed E-state index contributed by atoms with van der Waals surface area (Å²) in [6, 6.07) is 2.90. The third-order valence-electron chi connectivity index (χ3n) is 3.59. The topological polar surface area (TPSA) is 0 Å². The molecule has 1 aliphatic rings. The molecule has 2 unspecified atom stereocenters. The standard InChI is InChI=1S/C14H17BrF2/c1-9-6-7-12(16)13(14(9)17)10-4-2-3-5-11(15)8-10/h6-7,10-11H,2-5,8H2,1H3. The minimum Gasteiger partial charge on any atom is -0.207 e. The van der Waals surface area contributed by atoms with Gasteiger partial charge in [-0.25, -0.2) is 8.78 Å². The Labute approximate surface area is 110 Å². The maximum atomic E-state index is 14.1. The molecule has 2 rings (SSSR count). The van der Waals surface area contributed by atoms with Gasteiger partial charge in [0.25, 0.3) is 0 Å². The first-order valence-electron chi connectivity index (χ1n) is 6.18. The van der Waals surface area contributed by atoms with Gasteiger partial charge in [0, 0.05) is 10.4 Å². The summed E-state index contributed by atoms with van der Waals surface area (Å²) >= 11 is 3.60. The predicted molar refractivity (Wildman–Crippen MR) is 69.6 cm³/mol. The van der Waals surface area contributed by atoms with E-state index in [2.05, 4.69) is 15.9 Å². The highest BCUT2D eigenvalue weighted by Gasteiger charge is 2.25. The SMILES string of the molecule is Cc1ccc(F)c(C2CCCCC(Br)C2)c1F. The van der Waals surface area contributed by atoms with Gasteiger partial charge >= 0.3 is 0 Å². The maximum Gasteiger partial charge on any atom is 0.132 e. The van der Waals surface area contributed by atoms with Crippen LogP contribution in [-0.4, -0.2) is 4.83 Å². The highest BCUT2D eigenvalue weighted by atomic mass is 79.9. The molecule has 1 saturated carbocycles. The number of rotatable bonds is 1. The molecular formula is C14H17BrF2. The Bertz CT molecular complexity index is 403. The van der Waals surface area contributed by atoms with Crippen molar-refractivity contribution in [2.75, 3.05) is 0 Å². The molecule has 1 aromatic rings. The molecule has 94 valence electrons. The van der Waals surface area contributed by atoms with Crippen molar-refractivity contribution in [3.63, 3.8) is 0 Å². The minimum atomic E-state index is -0.389. The molecule has 0 bridgehead atoms. The Hall–Kier alpha value is -0.440. The Balaban J connectivity index is 2.34. The number of alkyl halides is 1. The van der Waals surface area contributed by atoms with Crippen LogP contribution in [0.1, 0.15) is 49.1 Å². The van der Waals surface area contributed by atoms with Gasteiger partial charge in [0.15, 0.2) is 0 Å². The Kier molecular flexibility index (Phi) is 4.18. The van der Waals surface area contributed by atoms with Crippen LogP contribution >= 0.6 is 15.9 Å². The van der Waals surface area contributed by atoms with Crippen molar-refractivity contribution in [3.05, 3.63) is 34.9 Å². The highest BCUT2D eigenvalue weighted by molar-refractivity contribution is 9.09. The quantitative estimate of drug-likeness (QED) is 0.501. The van der Waals surface area contributed by atoms with E-state index in [-0.39, 0.29) is 17.6 Å². The van der Waals surface area contributed by atoms with Gasteiger partial charge in [-0.1, -0.05) is 34.8 Å². The van der Waals surface area contributed by atoms with Gasteiger partial charge in [-0.2, -0.15) is 0 Å². The summed E-state index contributed by atoms with van der Waals surface area (Å²) < 4.78 is 27.9. The number of aryl methyl sites for hydroxylation is 1. The van der Waals surface area contributed by atoms with Crippen molar-refractivity contribution >= 4 is 15.9 Å². The monoisotopic (exact) mass is 302 g/mol. The van der Waals surface area contributed by atoms with Gasteiger partial charge in [0.05, 0.1) is 0 Å². The summed E-state index contributed by atoms with van der Waals surface area (Å²) in [5, 5.41) is 0. The number of hydrogen-bond acceptors (Lipinski definition) is 0. The fraction of sp³-hybridized carbons (Fsp3) is 0.571. The average molecular weight is 303 g/mol. The van der Waals surface area contributed by atoms with E-state index in [1.807, 2.05) is 0 Å². The molecule has 1 fully saturated rings. The van der Waals surface area contributed by atoms with Crippen molar-refractivity contribution in [1.82, 2.24) is 0 Å². The fourth-order valence-electron chi connectivity index (χ4n) is 2.62. The molecule has 2 atom stereocenters. The third kappa shape index (κ3) is 2.87. The van der Waals surface area contributed by atoms with Gasteiger partial charge in [0.2, 0.25) is 0 Å².